The fourth-order valence-electron chi connectivity index (χ4n) is 9.10. The Bertz CT molecular complexity index is 2860. The first-order valence-corrected chi connectivity index (χ1v) is 22.2. The molecule has 3 nitrogen and oxygen atoms in total. The molecule has 0 amide bonds. The molecule has 0 bridgehead atoms. The Morgan fingerprint density at radius 1 is 0.619 bits per heavy atom. The molecule has 1 aliphatic rings. The van der Waals surface area contributed by atoms with Crippen molar-refractivity contribution in [2.75, 3.05) is 6.54 Å². The zero-order chi connectivity index (χ0) is 43.6. The van der Waals surface area contributed by atoms with E-state index in [1.165, 1.54) is 33.0 Å². The molecule has 7 aromatic carbocycles. The molecule has 0 N–H and O–H groups in total. The van der Waals surface area contributed by atoms with E-state index in [0.717, 1.165) is 75.5 Å². The summed E-state index contributed by atoms with van der Waals surface area (Å²) in [7, 11) is 0. The Balaban J connectivity index is 1.09. The minimum Gasteiger partial charge on any atom is -0.284 e. The van der Waals surface area contributed by atoms with E-state index in [1.807, 2.05) is 24.3 Å². The molecule has 310 valence electrons. The van der Waals surface area contributed by atoms with Crippen molar-refractivity contribution in [3.05, 3.63) is 251 Å². The molecule has 3 heteroatoms. The minimum atomic E-state index is -0.174. The van der Waals surface area contributed by atoms with Gasteiger partial charge in [-0.05, 0) is 94.8 Å². The number of aliphatic imine (C=N–C) groups is 3. The predicted octanol–water partition coefficient (Wildman–Crippen LogP) is 15.2. The molecule has 0 aliphatic heterocycles. The van der Waals surface area contributed by atoms with Crippen LogP contribution in [0.2, 0.25) is 0 Å². The second-order valence-corrected chi connectivity index (χ2v) is 16.3. The van der Waals surface area contributed by atoms with E-state index >= 15 is 0 Å². The Kier molecular flexibility index (Phi) is 13.2. The summed E-state index contributed by atoms with van der Waals surface area (Å²) in [5.74, 6) is 0.310. The van der Waals surface area contributed by atoms with Crippen LogP contribution in [0.25, 0.3) is 33.8 Å². The summed E-state index contributed by atoms with van der Waals surface area (Å²) >= 11 is 0. The monoisotopic (exact) mass is 817 g/mol. The highest BCUT2D eigenvalue weighted by Crippen LogP contribution is 2.40. The van der Waals surface area contributed by atoms with Crippen LogP contribution in [0.3, 0.4) is 0 Å². The molecule has 7 aromatic rings. The van der Waals surface area contributed by atoms with E-state index in [9.17, 15) is 0 Å². The van der Waals surface area contributed by atoms with Crippen LogP contribution >= 0.6 is 0 Å². The van der Waals surface area contributed by atoms with Crippen LogP contribution in [0.15, 0.2) is 216 Å². The van der Waals surface area contributed by atoms with Gasteiger partial charge in [-0.2, -0.15) is 0 Å². The Labute approximate surface area is 374 Å². The van der Waals surface area contributed by atoms with Gasteiger partial charge in [0.1, 0.15) is 0 Å². The van der Waals surface area contributed by atoms with Crippen molar-refractivity contribution in [3.8, 4) is 0 Å². The second kappa shape index (κ2) is 19.6. The van der Waals surface area contributed by atoms with Crippen molar-refractivity contribution in [2.24, 2.45) is 15.0 Å². The van der Waals surface area contributed by atoms with Gasteiger partial charge in [0, 0.05) is 40.3 Å². The van der Waals surface area contributed by atoms with Gasteiger partial charge in [0.15, 0.2) is 0 Å². The fourth-order valence-corrected chi connectivity index (χ4v) is 9.10. The van der Waals surface area contributed by atoms with Crippen LogP contribution in [0.5, 0.6) is 0 Å². The zero-order valence-corrected chi connectivity index (χ0v) is 36.7. The van der Waals surface area contributed by atoms with E-state index in [4.69, 9.17) is 9.98 Å². The average Bonchev–Trinajstić information content (AvgIpc) is 3.35. The number of nitrogens with zero attached hydrogens (tertiary/aromatic N) is 3. The average molecular weight is 818 g/mol. The lowest BCUT2D eigenvalue weighted by Crippen LogP contribution is -2.26. The van der Waals surface area contributed by atoms with Crippen LogP contribution < -0.4 is 0 Å². The highest BCUT2D eigenvalue weighted by Gasteiger charge is 2.31. The van der Waals surface area contributed by atoms with Gasteiger partial charge in [0.2, 0.25) is 0 Å². The summed E-state index contributed by atoms with van der Waals surface area (Å²) < 4.78 is 0. The Hall–Kier alpha value is -7.23. The molecular weight excluding hydrogens is 763 g/mol. The molecule has 1 aliphatic carbocycles. The van der Waals surface area contributed by atoms with Crippen molar-refractivity contribution >= 4 is 52.0 Å². The maximum Gasteiger partial charge on any atom is 0.0716 e. The molecule has 0 aromatic heterocycles. The van der Waals surface area contributed by atoms with Crippen LogP contribution in [0, 0.1) is 0 Å². The van der Waals surface area contributed by atoms with E-state index in [1.54, 1.807) is 0 Å². The number of benzene rings is 7. The first kappa shape index (κ1) is 42.5. The highest BCUT2D eigenvalue weighted by molar-refractivity contribution is 6.13. The standard InChI is InChI=1S/C60H55N3/c1-6-60(7-2,52-36-32-45(33-37-52)43(3)40-59(49-24-12-9-13-25-49)63-44(4)54-31-19-27-47-21-15-17-30-56(47)54)53-38-34-50(35-39-53)58(41-57(61-5)48-22-10-8-11-23-48)62-42-51-28-18-26-46-20-14-16-29-55(46)51/h8-27,29-41,51H,3,5-7,28,42H2,1-2,4H3/b57-41-,59-40-,62-58?,63-44?. The van der Waals surface area contributed by atoms with Gasteiger partial charge >= 0.3 is 0 Å². The molecule has 0 radical (unpaired) electrons. The molecule has 0 heterocycles. The van der Waals surface area contributed by atoms with Crippen molar-refractivity contribution < 1.29 is 0 Å². The third-order valence-corrected chi connectivity index (χ3v) is 12.7. The zero-order valence-electron chi connectivity index (χ0n) is 36.7. The molecule has 0 spiro atoms. The Morgan fingerprint density at radius 3 is 1.87 bits per heavy atom. The van der Waals surface area contributed by atoms with Crippen molar-refractivity contribution in [3.63, 3.8) is 0 Å². The third kappa shape index (κ3) is 9.34. The first-order valence-electron chi connectivity index (χ1n) is 22.2. The minimum absolute atomic E-state index is 0.174. The summed E-state index contributed by atoms with van der Waals surface area (Å²) in [6, 6.07) is 62.2. The second-order valence-electron chi connectivity index (χ2n) is 16.3. The van der Waals surface area contributed by atoms with Crippen molar-refractivity contribution in [1.82, 2.24) is 0 Å². The number of hydrogen-bond acceptors (Lipinski definition) is 3. The van der Waals surface area contributed by atoms with Crippen molar-refractivity contribution in [2.45, 2.75) is 51.4 Å². The normalized spacial score (nSPS) is 14.7. The Morgan fingerprint density at radius 2 is 1.21 bits per heavy atom. The SMILES string of the molecule is C=N/C(=C\C(=NCC1CC=Cc2ccccc21)c1ccc(C(CC)(CC)c2ccc(C(=C)/C=C(\N=C(C)c3cccc4ccccc34)c3ccccc3)cc2)cc1)c1ccccc1. The third-order valence-electron chi connectivity index (χ3n) is 12.7. The summed E-state index contributed by atoms with van der Waals surface area (Å²) in [5, 5.41) is 2.40. The van der Waals surface area contributed by atoms with Gasteiger partial charge in [0.25, 0.3) is 0 Å². The largest absolute Gasteiger partial charge is 0.284 e. The maximum atomic E-state index is 5.33. The maximum absolute atomic E-state index is 5.33. The number of allylic oxidation sites excluding steroid dienone is 4. The van der Waals surface area contributed by atoms with Crippen LogP contribution in [0.1, 0.15) is 96.0 Å². The lowest BCUT2D eigenvalue weighted by atomic mass is 9.70. The van der Waals surface area contributed by atoms with Crippen LogP contribution in [-0.2, 0) is 5.41 Å². The predicted molar refractivity (Wildman–Crippen MR) is 272 cm³/mol. The number of rotatable bonds is 15. The lowest BCUT2D eigenvalue weighted by Gasteiger charge is -2.33. The quantitative estimate of drug-likeness (QED) is 0.0730. The fraction of sp³-hybridized carbons (Fsp3) is 0.150. The molecule has 0 saturated carbocycles. The van der Waals surface area contributed by atoms with Gasteiger partial charge in [0.05, 0.1) is 17.1 Å². The molecular formula is C60H55N3. The first-order chi connectivity index (χ1) is 30.9. The number of hydrogen-bond donors (Lipinski definition) is 0. The molecule has 1 unspecified atom stereocenters. The highest BCUT2D eigenvalue weighted by atomic mass is 14.8. The topological polar surface area (TPSA) is 37.1 Å². The van der Waals surface area contributed by atoms with Gasteiger partial charge in [-0.25, -0.2) is 0 Å². The summed E-state index contributed by atoms with van der Waals surface area (Å²) in [6.45, 7) is 15.9. The molecule has 0 saturated heterocycles. The van der Waals surface area contributed by atoms with Gasteiger partial charge < -0.3 is 0 Å². The molecule has 63 heavy (non-hydrogen) atoms. The van der Waals surface area contributed by atoms with Crippen LogP contribution in [-0.4, -0.2) is 24.7 Å². The molecule has 1 atom stereocenters. The van der Waals surface area contributed by atoms with Gasteiger partial charge in [-0.1, -0.05) is 209 Å². The number of fused-ring (bicyclic) bond motifs is 2. The molecule has 8 rings (SSSR count). The van der Waals surface area contributed by atoms with E-state index in [-0.39, 0.29) is 5.41 Å². The van der Waals surface area contributed by atoms with E-state index < -0.39 is 0 Å². The van der Waals surface area contributed by atoms with E-state index in [2.05, 4.69) is 215 Å². The van der Waals surface area contributed by atoms with E-state index in [0.29, 0.717) is 12.5 Å². The summed E-state index contributed by atoms with van der Waals surface area (Å²) in [6.07, 6.45) is 11.6. The lowest BCUT2D eigenvalue weighted by molar-refractivity contribution is 0.478. The van der Waals surface area contributed by atoms with Gasteiger partial charge in [-0.15, -0.1) is 0 Å². The summed E-state index contributed by atoms with van der Waals surface area (Å²) in [4.78, 5) is 15.0. The molecule has 0 fully saturated rings. The summed E-state index contributed by atoms with van der Waals surface area (Å²) in [5.41, 5.74) is 14.8. The van der Waals surface area contributed by atoms with Crippen LogP contribution in [0.4, 0.5) is 0 Å². The van der Waals surface area contributed by atoms with Gasteiger partial charge in [-0.3, -0.25) is 15.0 Å². The van der Waals surface area contributed by atoms with Crippen molar-refractivity contribution in [1.29, 1.82) is 0 Å². The smallest absolute Gasteiger partial charge is 0.0716 e.